The van der Waals surface area contributed by atoms with Gasteiger partial charge in [0.05, 0.1) is 11.9 Å². The number of hydrogen-bond acceptors (Lipinski definition) is 3. The molecule has 25 heavy (non-hydrogen) atoms. The van der Waals surface area contributed by atoms with Gasteiger partial charge in [-0.2, -0.15) is 5.10 Å². The normalized spacial score (nSPS) is 12.4. The molecule has 0 N–H and O–H groups in total. The van der Waals surface area contributed by atoms with Gasteiger partial charge in [-0.1, -0.05) is 67.9 Å². The zero-order valence-corrected chi connectivity index (χ0v) is 15.9. The largest absolute Gasteiger partial charge is 0.261 e. The predicted molar refractivity (Wildman–Crippen MR) is 107 cm³/mol. The van der Waals surface area contributed by atoms with E-state index in [4.69, 9.17) is 0 Å². The zero-order chi connectivity index (χ0) is 17.8. The maximum Gasteiger partial charge on any atom is 0.205 e. The summed E-state index contributed by atoms with van der Waals surface area (Å²) in [6, 6.07) is 17.0. The number of benzene rings is 2. The van der Waals surface area contributed by atoms with Crippen LogP contribution in [-0.2, 0) is 0 Å². The van der Waals surface area contributed by atoms with E-state index in [9.17, 15) is 0 Å². The van der Waals surface area contributed by atoms with Crippen LogP contribution in [0.15, 0.2) is 64.0 Å². The Morgan fingerprint density at radius 1 is 1.00 bits per heavy atom. The van der Waals surface area contributed by atoms with Gasteiger partial charge in [0.25, 0.3) is 0 Å². The molecule has 0 amide bonds. The minimum atomic E-state index is 0.538. The summed E-state index contributed by atoms with van der Waals surface area (Å²) >= 11 is 1.60. The van der Waals surface area contributed by atoms with Crippen molar-refractivity contribution < 1.29 is 0 Å². The molecule has 0 aliphatic heterocycles. The first-order valence-corrected chi connectivity index (χ1v) is 9.31. The summed E-state index contributed by atoms with van der Waals surface area (Å²) in [5.74, 6) is 0.538. The molecule has 128 valence electrons. The fraction of sp³-hybridized carbons (Fsp3) is 0.238. The topological polar surface area (TPSA) is 29.6 Å². The van der Waals surface area contributed by atoms with Crippen molar-refractivity contribution in [2.24, 2.45) is 10.1 Å². The van der Waals surface area contributed by atoms with E-state index in [-0.39, 0.29) is 0 Å². The molecule has 0 saturated heterocycles. The van der Waals surface area contributed by atoms with Crippen molar-refractivity contribution in [3.8, 4) is 11.3 Å². The lowest BCUT2D eigenvalue weighted by atomic mass is 10.0. The Hall–Kier alpha value is -2.46. The lowest BCUT2D eigenvalue weighted by Gasteiger charge is -2.05. The van der Waals surface area contributed by atoms with Crippen LogP contribution in [0.5, 0.6) is 0 Å². The Morgan fingerprint density at radius 2 is 1.68 bits per heavy atom. The zero-order valence-electron chi connectivity index (χ0n) is 15.1. The Balaban J connectivity index is 1.96. The van der Waals surface area contributed by atoms with E-state index in [2.05, 4.69) is 84.8 Å². The van der Waals surface area contributed by atoms with Crippen molar-refractivity contribution in [3.63, 3.8) is 0 Å². The fourth-order valence-corrected chi connectivity index (χ4v) is 3.38. The molecule has 0 atom stereocenters. The van der Waals surface area contributed by atoms with Gasteiger partial charge in [-0.3, -0.25) is 4.99 Å². The molecule has 2 aromatic carbocycles. The molecule has 3 nitrogen and oxygen atoms in total. The molecule has 0 bridgehead atoms. The lowest BCUT2D eigenvalue weighted by molar-refractivity contribution is 0.848. The summed E-state index contributed by atoms with van der Waals surface area (Å²) < 4.78 is 1.91. The van der Waals surface area contributed by atoms with Gasteiger partial charge >= 0.3 is 0 Å². The van der Waals surface area contributed by atoms with Gasteiger partial charge in [-0.05, 0) is 24.0 Å². The smallest absolute Gasteiger partial charge is 0.205 e. The summed E-state index contributed by atoms with van der Waals surface area (Å²) in [5.41, 5.74) is 5.87. The molecule has 0 fully saturated rings. The second kappa shape index (κ2) is 7.62. The standard InChI is InChI=1S/C21H23N3S/c1-15(2)18-11-7-17(8-12-18)13-23-24-20(14-25-21(24)22-4)19-9-5-16(3)6-10-19/h5-15H,1-4H3/b22-21?,23-13-. The summed E-state index contributed by atoms with van der Waals surface area (Å²) in [4.78, 5) is 5.23. The van der Waals surface area contributed by atoms with Gasteiger partial charge in [-0.25, -0.2) is 4.68 Å². The Kier molecular flexibility index (Phi) is 5.29. The van der Waals surface area contributed by atoms with Crippen LogP contribution < -0.4 is 4.80 Å². The lowest BCUT2D eigenvalue weighted by Crippen LogP contribution is -2.11. The second-order valence-electron chi connectivity index (χ2n) is 6.37. The van der Waals surface area contributed by atoms with E-state index in [1.807, 2.05) is 10.9 Å². The SMILES string of the molecule is CN=c1scc(-c2ccc(C)cc2)n1/N=C\c1ccc(C(C)C)cc1. The first-order chi connectivity index (χ1) is 12.1. The van der Waals surface area contributed by atoms with Crippen LogP contribution in [-0.4, -0.2) is 17.9 Å². The number of hydrogen-bond donors (Lipinski definition) is 0. The van der Waals surface area contributed by atoms with Crippen LogP contribution in [0.25, 0.3) is 11.3 Å². The molecule has 0 aliphatic rings. The molecule has 0 radical (unpaired) electrons. The molecule has 0 unspecified atom stereocenters. The highest BCUT2D eigenvalue weighted by Crippen LogP contribution is 2.20. The molecule has 1 heterocycles. The van der Waals surface area contributed by atoms with Gasteiger partial charge < -0.3 is 0 Å². The van der Waals surface area contributed by atoms with Gasteiger partial charge in [0, 0.05) is 18.0 Å². The van der Waals surface area contributed by atoms with Crippen LogP contribution in [0, 0.1) is 6.92 Å². The Labute approximate surface area is 153 Å². The Morgan fingerprint density at radius 3 is 2.28 bits per heavy atom. The van der Waals surface area contributed by atoms with E-state index in [0.29, 0.717) is 5.92 Å². The van der Waals surface area contributed by atoms with Gasteiger partial charge in [-0.15, -0.1) is 11.3 Å². The summed E-state index contributed by atoms with van der Waals surface area (Å²) in [6.07, 6.45) is 1.89. The maximum atomic E-state index is 4.69. The van der Waals surface area contributed by atoms with Crippen molar-refractivity contribution in [3.05, 3.63) is 75.4 Å². The maximum absolute atomic E-state index is 4.69. The number of aromatic nitrogens is 1. The third-order valence-electron chi connectivity index (χ3n) is 4.15. The van der Waals surface area contributed by atoms with Gasteiger partial charge in [0.15, 0.2) is 0 Å². The molecule has 1 aromatic heterocycles. The van der Waals surface area contributed by atoms with E-state index < -0.39 is 0 Å². The number of thiazole rings is 1. The van der Waals surface area contributed by atoms with Crippen LogP contribution in [0.4, 0.5) is 0 Å². The third kappa shape index (κ3) is 3.97. The van der Waals surface area contributed by atoms with Crippen LogP contribution in [0.2, 0.25) is 0 Å². The molecular weight excluding hydrogens is 326 g/mol. The molecule has 4 heteroatoms. The molecule has 0 saturated carbocycles. The first kappa shape index (κ1) is 17.4. The predicted octanol–water partition coefficient (Wildman–Crippen LogP) is 5.06. The molecule has 0 aliphatic carbocycles. The summed E-state index contributed by atoms with van der Waals surface area (Å²) in [7, 11) is 1.80. The second-order valence-corrected chi connectivity index (χ2v) is 7.21. The van der Waals surface area contributed by atoms with Crippen LogP contribution >= 0.6 is 11.3 Å². The highest BCUT2D eigenvalue weighted by Gasteiger charge is 2.06. The third-order valence-corrected chi connectivity index (χ3v) is 5.06. The minimum absolute atomic E-state index is 0.538. The van der Waals surface area contributed by atoms with Crippen molar-refractivity contribution >= 4 is 17.6 Å². The quantitative estimate of drug-likeness (QED) is 0.589. The highest BCUT2D eigenvalue weighted by molar-refractivity contribution is 7.07. The van der Waals surface area contributed by atoms with Crippen LogP contribution in [0.3, 0.4) is 0 Å². The minimum Gasteiger partial charge on any atom is -0.261 e. The molecule has 3 rings (SSSR count). The number of rotatable bonds is 4. The Bertz CT molecular complexity index is 927. The van der Waals surface area contributed by atoms with Crippen molar-refractivity contribution in [2.45, 2.75) is 26.7 Å². The molecule has 3 aromatic rings. The van der Waals surface area contributed by atoms with Crippen molar-refractivity contribution in [2.75, 3.05) is 7.05 Å². The first-order valence-electron chi connectivity index (χ1n) is 8.43. The van der Waals surface area contributed by atoms with Crippen molar-refractivity contribution in [1.82, 2.24) is 4.68 Å². The average Bonchev–Trinajstić information content (AvgIpc) is 3.04. The van der Waals surface area contributed by atoms with Crippen molar-refractivity contribution in [1.29, 1.82) is 0 Å². The number of aryl methyl sites for hydroxylation is 1. The van der Waals surface area contributed by atoms with Crippen LogP contribution in [0.1, 0.15) is 36.5 Å². The molecule has 0 spiro atoms. The molecular formula is C21H23N3S. The van der Waals surface area contributed by atoms with Gasteiger partial charge in [0.2, 0.25) is 4.80 Å². The van der Waals surface area contributed by atoms with E-state index in [1.165, 1.54) is 11.1 Å². The van der Waals surface area contributed by atoms with Gasteiger partial charge in [0.1, 0.15) is 0 Å². The monoisotopic (exact) mass is 349 g/mol. The average molecular weight is 350 g/mol. The van der Waals surface area contributed by atoms with E-state index >= 15 is 0 Å². The van der Waals surface area contributed by atoms with E-state index in [1.54, 1.807) is 18.4 Å². The van der Waals surface area contributed by atoms with E-state index in [0.717, 1.165) is 21.6 Å². The fourth-order valence-electron chi connectivity index (χ4n) is 2.58. The highest BCUT2D eigenvalue weighted by atomic mass is 32.1. The summed E-state index contributed by atoms with van der Waals surface area (Å²) in [6.45, 7) is 6.50. The number of nitrogens with zero attached hydrogens (tertiary/aromatic N) is 3. The summed E-state index contributed by atoms with van der Waals surface area (Å²) in [5, 5.41) is 6.79.